The highest BCUT2D eigenvalue weighted by Crippen LogP contribution is 2.30. The fourth-order valence-electron chi connectivity index (χ4n) is 3.41. The van der Waals surface area contributed by atoms with Crippen molar-refractivity contribution in [3.8, 4) is 0 Å². The van der Waals surface area contributed by atoms with Gasteiger partial charge in [-0.1, -0.05) is 26.2 Å². The summed E-state index contributed by atoms with van der Waals surface area (Å²) in [6.07, 6.45) is 8.03. The standard InChI is InChI=1S/C15H28N2O2.ClH/c1-11-3-2-4-12(9-11)7-8-17-15(18)14-6-5-13(10-16)19-14;/h11-14H,2-10,16H2,1H3,(H,17,18);1H/t11?,12?,13-,14+;/m1./s1. The number of amides is 1. The molecule has 5 heteroatoms. The van der Waals surface area contributed by atoms with Gasteiger partial charge in [-0.05, 0) is 37.5 Å². The zero-order chi connectivity index (χ0) is 13.7. The molecular formula is C15H29ClN2O2. The van der Waals surface area contributed by atoms with E-state index in [1.807, 2.05) is 0 Å². The third kappa shape index (κ3) is 5.23. The van der Waals surface area contributed by atoms with Gasteiger partial charge in [0.1, 0.15) is 6.10 Å². The van der Waals surface area contributed by atoms with Gasteiger partial charge in [0, 0.05) is 13.1 Å². The van der Waals surface area contributed by atoms with Crippen LogP contribution in [0.15, 0.2) is 0 Å². The normalized spacial score (nSPS) is 33.5. The Hall–Kier alpha value is -0.320. The maximum absolute atomic E-state index is 11.9. The summed E-state index contributed by atoms with van der Waals surface area (Å²) < 4.78 is 5.59. The number of rotatable bonds is 5. The van der Waals surface area contributed by atoms with Crippen LogP contribution in [0.3, 0.4) is 0 Å². The molecule has 0 bridgehead atoms. The van der Waals surface area contributed by atoms with Crippen molar-refractivity contribution >= 4 is 18.3 Å². The lowest BCUT2D eigenvalue weighted by atomic mass is 9.81. The van der Waals surface area contributed by atoms with Crippen molar-refractivity contribution in [2.75, 3.05) is 13.1 Å². The number of carbonyl (C=O) groups is 1. The summed E-state index contributed by atoms with van der Waals surface area (Å²) in [6, 6.07) is 0. The number of carbonyl (C=O) groups excluding carboxylic acids is 1. The minimum Gasteiger partial charge on any atom is -0.364 e. The minimum atomic E-state index is -0.265. The van der Waals surface area contributed by atoms with Gasteiger partial charge < -0.3 is 15.8 Å². The average molecular weight is 305 g/mol. The van der Waals surface area contributed by atoms with Crippen molar-refractivity contribution in [2.24, 2.45) is 17.6 Å². The number of hydrogen-bond acceptors (Lipinski definition) is 3. The molecule has 1 heterocycles. The minimum absolute atomic E-state index is 0. The van der Waals surface area contributed by atoms with E-state index >= 15 is 0 Å². The van der Waals surface area contributed by atoms with Gasteiger partial charge in [0.2, 0.25) is 5.91 Å². The zero-order valence-electron chi connectivity index (χ0n) is 12.5. The molecule has 0 aromatic rings. The smallest absolute Gasteiger partial charge is 0.249 e. The van der Waals surface area contributed by atoms with Crippen molar-refractivity contribution in [1.29, 1.82) is 0 Å². The molecule has 2 aliphatic rings. The van der Waals surface area contributed by atoms with Crippen LogP contribution in [0.25, 0.3) is 0 Å². The van der Waals surface area contributed by atoms with Crippen LogP contribution in [0.1, 0.15) is 51.9 Å². The highest BCUT2D eigenvalue weighted by molar-refractivity contribution is 5.85. The van der Waals surface area contributed by atoms with Gasteiger partial charge in [0.25, 0.3) is 0 Å². The van der Waals surface area contributed by atoms with E-state index in [-0.39, 0.29) is 30.5 Å². The lowest BCUT2D eigenvalue weighted by molar-refractivity contribution is -0.131. The van der Waals surface area contributed by atoms with E-state index in [0.29, 0.717) is 6.54 Å². The van der Waals surface area contributed by atoms with Crippen LogP contribution in [-0.4, -0.2) is 31.2 Å². The molecule has 0 aromatic carbocycles. The van der Waals surface area contributed by atoms with Crippen molar-refractivity contribution < 1.29 is 9.53 Å². The Bertz CT molecular complexity index is 302. The Morgan fingerprint density at radius 3 is 2.75 bits per heavy atom. The van der Waals surface area contributed by atoms with E-state index in [1.165, 1.54) is 25.7 Å². The van der Waals surface area contributed by atoms with Gasteiger partial charge in [-0.2, -0.15) is 0 Å². The maximum Gasteiger partial charge on any atom is 0.249 e. The van der Waals surface area contributed by atoms with Crippen molar-refractivity contribution in [3.63, 3.8) is 0 Å². The van der Waals surface area contributed by atoms with Crippen molar-refractivity contribution in [2.45, 2.75) is 64.1 Å². The molecule has 0 spiro atoms. The second-order valence-electron chi connectivity index (χ2n) is 6.28. The molecule has 0 radical (unpaired) electrons. The van der Waals surface area contributed by atoms with Gasteiger partial charge in [-0.15, -0.1) is 12.4 Å². The number of ether oxygens (including phenoxy) is 1. The molecule has 4 nitrogen and oxygen atoms in total. The molecule has 1 amide bonds. The molecule has 0 aromatic heterocycles. The van der Waals surface area contributed by atoms with Crippen LogP contribution in [0.5, 0.6) is 0 Å². The van der Waals surface area contributed by atoms with E-state index in [9.17, 15) is 4.79 Å². The van der Waals surface area contributed by atoms with Crippen LogP contribution in [0.2, 0.25) is 0 Å². The molecule has 2 rings (SSSR count). The molecule has 1 aliphatic heterocycles. The maximum atomic E-state index is 11.9. The first-order chi connectivity index (χ1) is 9.19. The molecule has 118 valence electrons. The van der Waals surface area contributed by atoms with Crippen LogP contribution >= 0.6 is 12.4 Å². The molecule has 4 atom stereocenters. The van der Waals surface area contributed by atoms with Crippen LogP contribution in [0.4, 0.5) is 0 Å². The second-order valence-corrected chi connectivity index (χ2v) is 6.28. The first-order valence-electron chi connectivity index (χ1n) is 7.82. The molecule has 2 fully saturated rings. The molecular weight excluding hydrogens is 276 g/mol. The second kappa shape index (κ2) is 8.85. The summed E-state index contributed by atoms with van der Waals surface area (Å²) in [6.45, 7) is 3.65. The fourth-order valence-corrected chi connectivity index (χ4v) is 3.41. The van der Waals surface area contributed by atoms with Gasteiger partial charge in [0.05, 0.1) is 6.10 Å². The molecule has 1 saturated heterocycles. The van der Waals surface area contributed by atoms with Crippen molar-refractivity contribution in [3.05, 3.63) is 0 Å². The lowest BCUT2D eigenvalue weighted by Crippen LogP contribution is -2.36. The largest absolute Gasteiger partial charge is 0.364 e. The Balaban J connectivity index is 0.00000200. The monoisotopic (exact) mass is 304 g/mol. The quantitative estimate of drug-likeness (QED) is 0.819. The van der Waals surface area contributed by atoms with Crippen LogP contribution < -0.4 is 11.1 Å². The van der Waals surface area contributed by atoms with E-state index in [4.69, 9.17) is 10.5 Å². The topological polar surface area (TPSA) is 64.4 Å². The van der Waals surface area contributed by atoms with Gasteiger partial charge in [-0.25, -0.2) is 0 Å². The van der Waals surface area contributed by atoms with E-state index < -0.39 is 0 Å². The summed E-state index contributed by atoms with van der Waals surface area (Å²) in [5.41, 5.74) is 5.55. The van der Waals surface area contributed by atoms with Gasteiger partial charge in [-0.3, -0.25) is 4.79 Å². The SMILES string of the molecule is CC1CCCC(CCNC(=O)[C@@H]2CC[C@H](CN)O2)C1.Cl. The number of halogens is 1. The summed E-state index contributed by atoms with van der Waals surface area (Å²) in [4.78, 5) is 11.9. The first kappa shape index (κ1) is 17.7. The number of nitrogens with two attached hydrogens (primary N) is 1. The summed E-state index contributed by atoms with van der Waals surface area (Å²) >= 11 is 0. The highest BCUT2D eigenvalue weighted by Gasteiger charge is 2.29. The third-order valence-corrected chi connectivity index (χ3v) is 4.56. The number of nitrogens with one attached hydrogen (secondary N) is 1. The summed E-state index contributed by atoms with van der Waals surface area (Å²) in [5, 5.41) is 3.03. The average Bonchev–Trinajstić information content (AvgIpc) is 2.87. The van der Waals surface area contributed by atoms with Gasteiger partial charge >= 0.3 is 0 Å². The Morgan fingerprint density at radius 1 is 1.30 bits per heavy atom. The Kier molecular flexibility index (Phi) is 7.85. The molecule has 3 N–H and O–H groups in total. The fraction of sp³-hybridized carbons (Fsp3) is 0.933. The molecule has 20 heavy (non-hydrogen) atoms. The number of hydrogen-bond donors (Lipinski definition) is 2. The Morgan fingerprint density at radius 2 is 2.10 bits per heavy atom. The molecule has 2 unspecified atom stereocenters. The van der Waals surface area contributed by atoms with Crippen LogP contribution in [0, 0.1) is 11.8 Å². The zero-order valence-corrected chi connectivity index (χ0v) is 13.3. The van der Waals surface area contributed by atoms with Crippen LogP contribution in [-0.2, 0) is 9.53 Å². The highest BCUT2D eigenvalue weighted by atomic mass is 35.5. The first-order valence-corrected chi connectivity index (χ1v) is 7.82. The van der Waals surface area contributed by atoms with E-state index in [1.54, 1.807) is 0 Å². The predicted octanol–water partition coefficient (Wildman–Crippen LogP) is 2.25. The molecule has 1 aliphatic carbocycles. The predicted molar refractivity (Wildman–Crippen MR) is 82.9 cm³/mol. The molecule has 1 saturated carbocycles. The lowest BCUT2D eigenvalue weighted by Gasteiger charge is -2.26. The summed E-state index contributed by atoms with van der Waals surface area (Å²) in [7, 11) is 0. The third-order valence-electron chi connectivity index (χ3n) is 4.56. The van der Waals surface area contributed by atoms with E-state index in [0.717, 1.165) is 37.6 Å². The summed E-state index contributed by atoms with van der Waals surface area (Å²) in [5.74, 6) is 1.71. The Labute approximate surface area is 128 Å². The van der Waals surface area contributed by atoms with E-state index in [2.05, 4.69) is 12.2 Å². The van der Waals surface area contributed by atoms with Crippen molar-refractivity contribution in [1.82, 2.24) is 5.32 Å². The van der Waals surface area contributed by atoms with Gasteiger partial charge in [0.15, 0.2) is 0 Å².